The number of likely N-dealkylation sites (N-methyl/N-ethyl adjacent to an activating group) is 1. The Hall–Kier alpha value is -2.73. The smallest absolute Gasteiger partial charge is 0.254 e. The van der Waals surface area contributed by atoms with Crippen molar-refractivity contribution in [1.82, 2.24) is 14.8 Å². The highest BCUT2D eigenvalue weighted by molar-refractivity contribution is 6.07. The summed E-state index contributed by atoms with van der Waals surface area (Å²) in [7, 11) is 1.82. The number of pyridine rings is 1. The van der Waals surface area contributed by atoms with Crippen molar-refractivity contribution in [2.75, 3.05) is 33.4 Å². The van der Waals surface area contributed by atoms with Crippen LogP contribution in [-0.2, 0) is 9.53 Å². The second-order valence-corrected chi connectivity index (χ2v) is 7.92. The van der Waals surface area contributed by atoms with Gasteiger partial charge in [-0.15, -0.1) is 0 Å². The van der Waals surface area contributed by atoms with Crippen molar-refractivity contribution in [3.63, 3.8) is 0 Å². The fraction of sp³-hybridized carbons (Fsp3) is 0.435. The largest absolute Gasteiger partial charge is 0.377 e. The number of hydrogen-bond acceptors (Lipinski definition) is 4. The third kappa shape index (κ3) is 4.32. The van der Waals surface area contributed by atoms with Crippen LogP contribution in [0.2, 0.25) is 0 Å². The van der Waals surface area contributed by atoms with Crippen LogP contribution in [0.5, 0.6) is 0 Å². The molecule has 1 aromatic carbocycles. The van der Waals surface area contributed by atoms with Gasteiger partial charge >= 0.3 is 0 Å². The second kappa shape index (κ2) is 8.74. The Morgan fingerprint density at radius 2 is 2.07 bits per heavy atom. The van der Waals surface area contributed by atoms with Crippen LogP contribution in [0.1, 0.15) is 29.6 Å². The van der Waals surface area contributed by atoms with Gasteiger partial charge in [0.1, 0.15) is 0 Å². The summed E-state index contributed by atoms with van der Waals surface area (Å²) >= 11 is 0. The number of fused-ring (bicyclic) bond motifs is 1. The maximum absolute atomic E-state index is 13.4. The average molecular weight is 393 g/mol. The first-order chi connectivity index (χ1) is 14.1. The Bertz CT molecular complexity index is 913. The minimum atomic E-state index is -0.149. The minimum absolute atomic E-state index is 0.0176. The molecule has 152 valence electrons. The molecule has 0 N–H and O–H groups in total. The Kier molecular flexibility index (Phi) is 5.90. The van der Waals surface area contributed by atoms with E-state index in [9.17, 15) is 9.59 Å². The number of benzene rings is 1. The molecular weight excluding hydrogens is 366 g/mol. The third-order valence-corrected chi connectivity index (χ3v) is 5.88. The lowest BCUT2D eigenvalue weighted by Gasteiger charge is -2.38. The van der Waals surface area contributed by atoms with E-state index in [1.807, 2.05) is 36.2 Å². The van der Waals surface area contributed by atoms with Gasteiger partial charge in [-0.1, -0.05) is 24.3 Å². The number of carbonyl (C=O) groups excluding carboxylic acids is 2. The minimum Gasteiger partial charge on any atom is -0.377 e. The van der Waals surface area contributed by atoms with E-state index in [0.29, 0.717) is 44.2 Å². The predicted molar refractivity (Wildman–Crippen MR) is 112 cm³/mol. The van der Waals surface area contributed by atoms with Crippen LogP contribution >= 0.6 is 0 Å². The van der Waals surface area contributed by atoms with Crippen LogP contribution in [0.3, 0.4) is 0 Å². The van der Waals surface area contributed by atoms with Crippen LogP contribution in [-0.4, -0.2) is 66.0 Å². The van der Waals surface area contributed by atoms with E-state index in [1.165, 1.54) is 0 Å². The zero-order chi connectivity index (χ0) is 20.2. The molecule has 1 aromatic heterocycles. The molecular formula is C23H27N3O3. The highest BCUT2D eigenvalue weighted by Gasteiger charge is 2.31. The summed E-state index contributed by atoms with van der Waals surface area (Å²) in [5.74, 6) is 0.526. The van der Waals surface area contributed by atoms with Crippen molar-refractivity contribution in [3.8, 4) is 0 Å². The van der Waals surface area contributed by atoms with Crippen molar-refractivity contribution < 1.29 is 14.3 Å². The second-order valence-electron chi connectivity index (χ2n) is 7.92. The van der Waals surface area contributed by atoms with Gasteiger partial charge in [0.15, 0.2) is 0 Å². The summed E-state index contributed by atoms with van der Waals surface area (Å²) in [6, 6.07) is 7.43. The topological polar surface area (TPSA) is 62.7 Å². The summed E-state index contributed by atoms with van der Waals surface area (Å²) in [5.41, 5.74) is 0.669. The average Bonchev–Trinajstić information content (AvgIpc) is 3.26. The first-order valence-corrected chi connectivity index (χ1v) is 10.2. The van der Waals surface area contributed by atoms with Gasteiger partial charge in [0.05, 0.1) is 19.3 Å². The molecule has 1 fully saturated rings. The number of carbonyl (C=O) groups is 2. The van der Waals surface area contributed by atoms with E-state index in [0.717, 1.165) is 23.6 Å². The first-order valence-electron chi connectivity index (χ1n) is 10.2. The predicted octanol–water partition coefficient (Wildman–Crippen LogP) is 2.89. The molecule has 6 nitrogen and oxygen atoms in total. The van der Waals surface area contributed by atoms with Gasteiger partial charge in [-0.3, -0.25) is 14.6 Å². The molecule has 2 heterocycles. The van der Waals surface area contributed by atoms with Gasteiger partial charge < -0.3 is 14.5 Å². The number of allylic oxidation sites excluding steroid dienone is 2. The molecule has 1 saturated heterocycles. The van der Waals surface area contributed by atoms with Crippen molar-refractivity contribution in [2.45, 2.75) is 25.3 Å². The summed E-state index contributed by atoms with van der Waals surface area (Å²) in [4.78, 5) is 33.8. The normalized spacial score (nSPS) is 19.6. The summed E-state index contributed by atoms with van der Waals surface area (Å²) in [5, 5.41) is 1.84. The monoisotopic (exact) mass is 393 g/mol. The molecule has 29 heavy (non-hydrogen) atoms. The number of rotatable bonds is 5. The van der Waals surface area contributed by atoms with Gasteiger partial charge in [-0.2, -0.15) is 0 Å². The Morgan fingerprint density at radius 1 is 1.24 bits per heavy atom. The maximum Gasteiger partial charge on any atom is 0.254 e. The highest BCUT2D eigenvalue weighted by atomic mass is 16.5. The number of morpholine rings is 1. The Labute approximate surface area is 171 Å². The molecule has 0 radical (unpaired) electrons. The molecule has 2 aliphatic rings. The van der Waals surface area contributed by atoms with E-state index in [2.05, 4.69) is 17.1 Å². The fourth-order valence-electron chi connectivity index (χ4n) is 4.20. The first kappa shape index (κ1) is 19.6. The summed E-state index contributed by atoms with van der Waals surface area (Å²) < 4.78 is 5.65. The zero-order valence-electron chi connectivity index (χ0n) is 16.8. The van der Waals surface area contributed by atoms with E-state index < -0.39 is 0 Å². The van der Waals surface area contributed by atoms with E-state index >= 15 is 0 Å². The summed E-state index contributed by atoms with van der Waals surface area (Å²) in [6.07, 6.45) is 10.3. The van der Waals surface area contributed by atoms with Gasteiger partial charge in [0.2, 0.25) is 5.91 Å². The van der Waals surface area contributed by atoms with Crippen LogP contribution in [0.15, 0.2) is 48.8 Å². The lowest BCUT2D eigenvalue weighted by Crippen LogP contribution is -2.53. The third-order valence-electron chi connectivity index (χ3n) is 5.88. The molecule has 2 amide bonds. The molecule has 4 rings (SSSR count). The maximum atomic E-state index is 13.4. The molecule has 0 bridgehead atoms. The van der Waals surface area contributed by atoms with E-state index in [1.54, 1.807) is 17.3 Å². The lowest BCUT2D eigenvalue weighted by atomic mass is 10.0. The number of ether oxygens (including phenoxy) is 1. The van der Waals surface area contributed by atoms with Crippen molar-refractivity contribution >= 4 is 22.6 Å². The number of hydrogen-bond donors (Lipinski definition) is 0. The zero-order valence-corrected chi connectivity index (χ0v) is 16.8. The van der Waals surface area contributed by atoms with Crippen molar-refractivity contribution in [3.05, 3.63) is 54.4 Å². The van der Waals surface area contributed by atoms with Gasteiger partial charge in [0, 0.05) is 49.9 Å². The molecule has 1 aliphatic heterocycles. The lowest BCUT2D eigenvalue weighted by molar-refractivity contribution is -0.132. The fourth-order valence-corrected chi connectivity index (χ4v) is 4.20. The molecule has 1 unspecified atom stereocenters. The summed E-state index contributed by atoms with van der Waals surface area (Å²) in [6.45, 7) is 1.97. The quantitative estimate of drug-likeness (QED) is 0.733. The van der Waals surface area contributed by atoms with Crippen LogP contribution in [0.4, 0.5) is 0 Å². The van der Waals surface area contributed by atoms with Crippen molar-refractivity contribution in [1.29, 1.82) is 0 Å². The van der Waals surface area contributed by atoms with Gasteiger partial charge in [0.25, 0.3) is 5.91 Å². The van der Waals surface area contributed by atoms with Crippen LogP contribution in [0.25, 0.3) is 10.8 Å². The number of nitrogens with zero attached hydrogens (tertiary/aromatic N) is 3. The molecule has 2 aromatic rings. The van der Waals surface area contributed by atoms with Gasteiger partial charge in [-0.05, 0) is 36.3 Å². The Morgan fingerprint density at radius 3 is 2.90 bits per heavy atom. The SMILES string of the molecule is CN(CC1COCCN1C(=O)c1cccc2cnccc12)C(=O)CC1CC=CC1. The standard InChI is InChI=1S/C23H27N3O3/c1-25(22(27)13-17-5-2-3-6-17)15-19-16-29-12-11-26(19)23(28)21-8-4-7-18-14-24-10-9-20(18)21/h2-4,7-10,14,17,19H,5-6,11-13,15-16H2,1H3. The van der Waals surface area contributed by atoms with Crippen LogP contribution < -0.4 is 0 Å². The molecule has 1 atom stereocenters. The molecule has 0 spiro atoms. The highest BCUT2D eigenvalue weighted by Crippen LogP contribution is 2.23. The van der Waals surface area contributed by atoms with Gasteiger partial charge in [-0.25, -0.2) is 0 Å². The molecule has 6 heteroatoms. The van der Waals surface area contributed by atoms with E-state index in [4.69, 9.17) is 4.74 Å². The molecule has 0 saturated carbocycles. The number of aromatic nitrogens is 1. The van der Waals surface area contributed by atoms with Crippen LogP contribution in [0, 0.1) is 5.92 Å². The molecule has 1 aliphatic carbocycles. The van der Waals surface area contributed by atoms with Crippen molar-refractivity contribution in [2.24, 2.45) is 5.92 Å². The Balaban J connectivity index is 1.48. The van der Waals surface area contributed by atoms with E-state index in [-0.39, 0.29) is 17.9 Å². The number of amides is 2.